The number of fused-ring (bicyclic) bond motifs is 1. The van der Waals surface area contributed by atoms with Gasteiger partial charge >= 0.3 is 5.97 Å². The molecule has 2 rings (SSSR count). The molecule has 0 radical (unpaired) electrons. The number of benzene rings is 1. The fourth-order valence-electron chi connectivity index (χ4n) is 2.05. The van der Waals surface area contributed by atoms with Gasteiger partial charge in [-0.25, -0.2) is 4.79 Å². The van der Waals surface area contributed by atoms with Gasteiger partial charge in [0.1, 0.15) is 6.61 Å². The van der Waals surface area contributed by atoms with Gasteiger partial charge in [-0.05, 0) is 29.7 Å². The molecule has 1 aromatic carbocycles. The summed E-state index contributed by atoms with van der Waals surface area (Å²) < 4.78 is 10.5. The molecule has 0 unspecified atom stereocenters. The second-order valence-electron chi connectivity index (χ2n) is 4.69. The van der Waals surface area contributed by atoms with E-state index in [2.05, 4.69) is 12.2 Å². The summed E-state index contributed by atoms with van der Waals surface area (Å²) >= 11 is 0. The molecule has 0 amide bonds. The number of rotatable bonds is 7. The minimum absolute atomic E-state index is 0.270. The topological polar surface area (TPSA) is 47.6 Å². The third kappa shape index (κ3) is 4.04. The number of carbonyl (C=O) groups excluding carboxylic acids is 1. The van der Waals surface area contributed by atoms with E-state index in [-0.39, 0.29) is 5.97 Å². The van der Waals surface area contributed by atoms with Gasteiger partial charge in [0, 0.05) is 19.7 Å². The molecule has 1 aliphatic heterocycles. The maximum atomic E-state index is 11.8. The predicted octanol–water partition coefficient (Wildman–Crippen LogP) is 2.26. The standard InChI is InChI=1S/C15H21NO3/c1-2-3-6-18-7-8-19-15(17)12-4-5-13-10-16-11-14(13)9-12/h4-5,9,16H,2-3,6-8,10-11H2,1H3. The maximum Gasteiger partial charge on any atom is 0.338 e. The Balaban J connectivity index is 1.74. The molecule has 0 fully saturated rings. The van der Waals surface area contributed by atoms with Gasteiger partial charge < -0.3 is 14.8 Å². The first-order valence-electron chi connectivity index (χ1n) is 6.88. The van der Waals surface area contributed by atoms with Gasteiger partial charge in [-0.2, -0.15) is 0 Å². The summed E-state index contributed by atoms with van der Waals surface area (Å²) in [6.45, 7) is 5.35. The normalized spacial score (nSPS) is 13.3. The van der Waals surface area contributed by atoms with Crippen LogP contribution in [-0.2, 0) is 22.6 Å². The molecule has 1 heterocycles. The lowest BCUT2D eigenvalue weighted by Gasteiger charge is -2.07. The van der Waals surface area contributed by atoms with Gasteiger partial charge in [-0.3, -0.25) is 0 Å². The van der Waals surface area contributed by atoms with Crippen molar-refractivity contribution >= 4 is 5.97 Å². The smallest absolute Gasteiger partial charge is 0.338 e. The van der Waals surface area contributed by atoms with Crippen LogP contribution in [0.15, 0.2) is 18.2 Å². The Labute approximate surface area is 114 Å². The molecule has 0 bridgehead atoms. The summed E-state index contributed by atoms with van der Waals surface area (Å²) in [5.41, 5.74) is 3.07. The Bertz CT molecular complexity index is 431. The van der Waals surface area contributed by atoms with Gasteiger partial charge in [-0.1, -0.05) is 19.4 Å². The number of esters is 1. The van der Waals surface area contributed by atoms with Crippen molar-refractivity contribution in [1.29, 1.82) is 0 Å². The van der Waals surface area contributed by atoms with Crippen LogP contribution < -0.4 is 5.32 Å². The van der Waals surface area contributed by atoms with E-state index in [1.807, 2.05) is 18.2 Å². The second kappa shape index (κ2) is 7.26. The van der Waals surface area contributed by atoms with E-state index in [1.54, 1.807) is 0 Å². The zero-order chi connectivity index (χ0) is 13.5. The van der Waals surface area contributed by atoms with Crippen molar-refractivity contribution in [3.05, 3.63) is 34.9 Å². The Hall–Kier alpha value is -1.39. The van der Waals surface area contributed by atoms with Crippen molar-refractivity contribution in [2.45, 2.75) is 32.9 Å². The molecule has 0 saturated heterocycles. The summed E-state index contributed by atoms with van der Waals surface area (Å²) in [6, 6.07) is 5.73. The van der Waals surface area contributed by atoms with E-state index in [4.69, 9.17) is 9.47 Å². The third-order valence-corrected chi connectivity index (χ3v) is 3.18. The first kappa shape index (κ1) is 14.0. The number of hydrogen-bond donors (Lipinski definition) is 1. The molecular weight excluding hydrogens is 242 g/mol. The summed E-state index contributed by atoms with van der Waals surface area (Å²) in [5, 5.41) is 3.25. The Kier molecular flexibility index (Phi) is 5.36. The number of unbranched alkanes of at least 4 members (excludes halogenated alkanes) is 1. The lowest BCUT2D eigenvalue weighted by Crippen LogP contribution is -2.11. The number of hydrogen-bond acceptors (Lipinski definition) is 4. The Morgan fingerprint density at radius 3 is 2.89 bits per heavy atom. The van der Waals surface area contributed by atoms with Crippen LogP contribution in [-0.4, -0.2) is 25.8 Å². The van der Waals surface area contributed by atoms with Crippen molar-refractivity contribution in [2.24, 2.45) is 0 Å². The third-order valence-electron chi connectivity index (χ3n) is 3.18. The number of carbonyl (C=O) groups is 1. The molecule has 0 saturated carbocycles. The molecule has 104 valence electrons. The number of nitrogens with one attached hydrogen (secondary N) is 1. The van der Waals surface area contributed by atoms with Gasteiger partial charge in [0.15, 0.2) is 0 Å². The molecule has 0 spiro atoms. The van der Waals surface area contributed by atoms with E-state index in [0.717, 1.165) is 32.5 Å². The molecule has 4 nitrogen and oxygen atoms in total. The first-order valence-corrected chi connectivity index (χ1v) is 6.88. The van der Waals surface area contributed by atoms with Crippen molar-refractivity contribution in [3.63, 3.8) is 0 Å². The van der Waals surface area contributed by atoms with Crippen LogP contribution in [0, 0.1) is 0 Å². The van der Waals surface area contributed by atoms with Gasteiger partial charge in [0.05, 0.1) is 12.2 Å². The predicted molar refractivity (Wildman–Crippen MR) is 73.0 cm³/mol. The molecule has 1 N–H and O–H groups in total. The van der Waals surface area contributed by atoms with Crippen LogP contribution in [0.25, 0.3) is 0 Å². The summed E-state index contributed by atoms with van der Waals surface area (Å²) in [6.07, 6.45) is 2.16. The highest BCUT2D eigenvalue weighted by Gasteiger charge is 2.14. The fourth-order valence-corrected chi connectivity index (χ4v) is 2.05. The average Bonchev–Trinajstić information content (AvgIpc) is 2.89. The SMILES string of the molecule is CCCCOCCOC(=O)c1ccc2c(c1)CNC2. The molecule has 1 aliphatic rings. The van der Waals surface area contributed by atoms with E-state index < -0.39 is 0 Å². The van der Waals surface area contributed by atoms with Crippen molar-refractivity contribution in [1.82, 2.24) is 5.32 Å². The zero-order valence-corrected chi connectivity index (χ0v) is 11.4. The highest BCUT2D eigenvalue weighted by atomic mass is 16.6. The minimum Gasteiger partial charge on any atom is -0.460 e. The highest BCUT2D eigenvalue weighted by molar-refractivity contribution is 5.89. The average molecular weight is 263 g/mol. The minimum atomic E-state index is -0.270. The number of ether oxygens (including phenoxy) is 2. The molecular formula is C15H21NO3. The lowest BCUT2D eigenvalue weighted by molar-refractivity contribution is 0.0313. The van der Waals surface area contributed by atoms with Crippen LogP contribution >= 0.6 is 0 Å². The van der Waals surface area contributed by atoms with E-state index >= 15 is 0 Å². The van der Waals surface area contributed by atoms with Crippen molar-refractivity contribution in [2.75, 3.05) is 19.8 Å². The van der Waals surface area contributed by atoms with Crippen LogP contribution in [0.4, 0.5) is 0 Å². The van der Waals surface area contributed by atoms with Crippen molar-refractivity contribution in [3.8, 4) is 0 Å². The van der Waals surface area contributed by atoms with Crippen LogP contribution in [0.2, 0.25) is 0 Å². The van der Waals surface area contributed by atoms with Crippen LogP contribution in [0.3, 0.4) is 0 Å². The first-order chi connectivity index (χ1) is 9.31. The molecule has 0 aliphatic carbocycles. The van der Waals surface area contributed by atoms with E-state index in [9.17, 15) is 4.79 Å². The quantitative estimate of drug-likeness (QED) is 0.605. The fraction of sp³-hybridized carbons (Fsp3) is 0.533. The summed E-state index contributed by atoms with van der Waals surface area (Å²) in [4.78, 5) is 11.8. The lowest BCUT2D eigenvalue weighted by atomic mass is 10.1. The molecule has 19 heavy (non-hydrogen) atoms. The molecule has 4 heteroatoms. The van der Waals surface area contributed by atoms with E-state index in [1.165, 1.54) is 11.1 Å². The molecule has 1 aromatic rings. The van der Waals surface area contributed by atoms with E-state index in [0.29, 0.717) is 18.8 Å². The largest absolute Gasteiger partial charge is 0.460 e. The Morgan fingerprint density at radius 1 is 1.21 bits per heavy atom. The van der Waals surface area contributed by atoms with Crippen LogP contribution in [0.5, 0.6) is 0 Å². The summed E-state index contributed by atoms with van der Waals surface area (Å²) in [7, 11) is 0. The highest BCUT2D eigenvalue weighted by Crippen LogP contribution is 2.17. The van der Waals surface area contributed by atoms with Gasteiger partial charge in [-0.15, -0.1) is 0 Å². The summed E-state index contributed by atoms with van der Waals surface area (Å²) in [5.74, 6) is -0.270. The monoisotopic (exact) mass is 263 g/mol. The molecule has 0 aromatic heterocycles. The van der Waals surface area contributed by atoms with Gasteiger partial charge in [0.2, 0.25) is 0 Å². The van der Waals surface area contributed by atoms with Gasteiger partial charge in [0.25, 0.3) is 0 Å². The Morgan fingerprint density at radius 2 is 2.05 bits per heavy atom. The second-order valence-corrected chi connectivity index (χ2v) is 4.69. The maximum absolute atomic E-state index is 11.8. The molecule has 0 atom stereocenters. The van der Waals surface area contributed by atoms with Crippen molar-refractivity contribution < 1.29 is 14.3 Å². The van der Waals surface area contributed by atoms with Crippen LogP contribution in [0.1, 0.15) is 41.3 Å². The zero-order valence-electron chi connectivity index (χ0n) is 11.4.